The SMILES string of the molecule is CCc1cc(CC(O)C(C)O)n(CC)n1. The Labute approximate surface area is 90.5 Å². The van der Waals surface area contributed by atoms with Gasteiger partial charge in [0.25, 0.3) is 0 Å². The van der Waals surface area contributed by atoms with Crippen LogP contribution < -0.4 is 0 Å². The molecule has 1 aromatic rings. The molecule has 0 spiro atoms. The summed E-state index contributed by atoms with van der Waals surface area (Å²) in [6.45, 7) is 6.46. The molecule has 0 fully saturated rings. The van der Waals surface area contributed by atoms with E-state index < -0.39 is 12.2 Å². The third kappa shape index (κ3) is 3.04. The lowest BCUT2D eigenvalue weighted by molar-refractivity contribution is 0.0307. The van der Waals surface area contributed by atoms with Crippen LogP contribution in [0.15, 0.2) is 6.07 Å². The van der Waals surface area contributed by atoms with Gasteiger partial charge in [0.1, 0.15) is 0 Å². The van der Waals surface area contributed by atoms with Gasteiger partial charge in [0.2, 0.25) is 0 Å². The molecule has 2 unspecified atom stereocenters. The number of hydrogen-bond donors (Lipinski definition) is 2. The molecule has 0 aliphatic heterocycles. The molecule has 0 bridgehead atoms. The monoisotopic (exact) mass is 212 g/mol. The summed E-state index contributed by atoms with van der Waals surface area (Å²) in [6, 6.07) is 2.00. The Morgan fingerprint density at radius 1 is 1.40 bits per heavy atom. The van der Waals surface area contributed by atoms with Crippen LogP contribution in [0.4, 0.5) is 0 Å². The van der Waals surface area contributed by atoms with Gasteiger partial charge in [0.05, 0.1) is 17.9 Å². The van der Waals surface area contributed by atoms with Gasteiger partial charge < -0.3 is 10.2 Å². The van der Waals surface area contributed by atoms with Gasteiger partial charge in [-0.2, -0.15) is 5.10 Å². The van der Waals surface area contributed by atoms with Crippen molar-refractivity contribution in [1.29, 1.82) is 0 Å². The van der Waals surface area contributed by atoms with E-state index in [0.29, 0.717) is 6.42 Å². The summed E-state index contributed by atoms with van der Waals surface area (Å²) in [5, 5.41) is 23.2. The molecular formula is C11H20N2O2. The quantitative estimate of drug-likeness (QED) is 0.757. The maximum absolute atomic E-state index is 9.59. The number of hydrogen-bond acceptors (Lipinski definition) is 3. The first-order chi connectivity index (χ1) is 7.08. The van der Waals surface area contributed by atoms with Gasteiger partial charge in [-0.05, 0) is 26.3 Å². The van der Waals surface area contributed by atoms with Crippen LogP contribution in [-0.2, 0) is 19.4 Å². The molecule has 0 saturated carbocycles. The summed E-state index contributed by atoms with van der Waals surface area (Å²) in [4.78, 5) is 0. The third-order valence-electron chi connectivity index (χ3n) is 2.55. The van der Waals surface area contributed by atoms with Crippen molar-refractivity contribution >= 4 is 0 Å². The minimum atomic E-state index is -0.711. The van der Waals surface area contributed by atoms with E-state index in [-0.39, 0.29) is 0 Å². The summed E-state index contributed by atoms with van der Waals surface area (Å²) < 4.78 is 1.88. The number of aryl methyl sites for hydroxylation is 2. The van der Waals surface area contributed by atoms with Gasteiger partial charge in [0, 0.05) is 18.7 Å². The van der Waals surface area contributed by atoms with Crippen LogP contribution in [0, 0.1) is 0 Å². The second kappa shape index (κ2) is 5.28. The molecule has 0 aliphatic carbocycles. The molecule has 2 atom stereocenters. The molecule has 0 radical (unpaired) electrons. The van der Waals surface area contributed by atoms with Gasteiger partial charge in [-0.3, -0.25) is 4.68 Å². The Morgan fingerprint density at radius 3 is 2.53 bits per heavy atom. The molecular weight excluding hydrogens is 192 g/mol. The minimum Gasteiger partial charge on any atom is -0.391 e. The Bertz CT molecular complexity index is 308. The zero-order chi connectivity index (χ0) is 11.4. The normalized spacial score (nSPS) is 15.3. The van der Waals surface area contributed by atoms with Crippen molar-refractivity contribution in [2.24, 2.45) is 0 Å². The first kappa shape index (κ1) is 12.2. The van der Waals surface area contributed by atoms with Crippen molar-refractivity contribution in [2.45, 2.75) is 52.4 Å². The van der Waals surface area contributed by atoms with E-state index in [0.717, 1.165) is 24.4 Å². The Morgan fingerprint density at radius 2 is 2.07 bits per heavy atom. The van der Waals surface area contributed by atoms with Gasteiger partial charge in [-0.25, -0.2) is 0 Å². The van der Waals surface area contributed by atoms with Crippen molar-refractivity contribution in [3.8, 4) is 0 Å². The molecule has 0 aromatic carbocycles. The van der Waals surface area contributed by atoms with E-state index in [9.17, 15) is 10.2 Å². The maximum atomic E-state index is 9.59. The lowest BCUT2D eigenvalue weighted by Gasteiger charge is -2.13. The standard InChI is InChI=1S/C11H20N2O2/c1-4-9-6-10(13(5-2)12-9)7-11(15)8(3)14/h6,8,11,14-15H,4-5,7H2,1-3H3. The summed E-state index contributed by atoms with van der Waals surface area (Å²) >= 11 is 0. The molecule has 86 valence electrons. The van der Waals surface area contributed by atoms with Gasteiger partial charge in [-0.15, -0.1) is 0 Å². The smallest absolute Gasteiger partial charge is 0.0851 e. The highest BCUT2D eigenvalue weighted by Gasteiger charge is 2.15. The fourth-order valence-corrected chi connectivity index (χ4v) is 1.51. The number of aliphatic hydroxyl groups is 2. The van der Waals surface area contributed by atoms with Crippen LogP contribution in [0.1, 0.15) is 32.2 Å². The molecule has 0 aliphatic rings. The predicted molar refractivity (Wildman–Crippen MR) is 58.7 cm³/mol. The van der Waals surface area contributed by atoms with Crippen LogP contribution in [0.25, 0.3) is 0 Å². The first-order valence-electron chi connectivity index (χ1n) is 5.50. The molecule has 0 saturated heterocycles. The van der Waals surface area contributed by atoms with Crippen LogP contribution in [0.3, 0.4) is 0 Å². The summed E-state index contributed by atoms with van der Waals surface area (Å²) in [7, 11) is 0. The van der Waals surface area contributed by atoms with Crippen LogP contribution in [-0.4, -0.2) is 32.2 Å². The van der Waals surface area contributed by atoms with E-state index in [1.807, 2.05) is 17.7 Å². The van der Waals surface area contributed by atoms with Crippen molar-refractivity contribution in [2.75, 3.05) is 0 Å². The van der Waals surface area contributed by atoms with E-state index in [4.69, 9.17) is 0 Å². The van der Waals surface area contributed by atoms with Gasteiger partial charge in [-0.1, -0.05) is 6.92 Å². The van der Waals surface area contributed by atoms with Crippen LogP contribution >= 0.6 is 0 Å². The number of aliphatic hydroxyl groups excluding tert-OH is 2. The van der Waals surface area contributed by atoms with Crippen molar-refractivity contribution in [3.63, 3.8) is 0 Å². The average Bonchev–Trinajstić information content (AvgIpc) is 2.60. The summed E-state index contributed by atoms with van der Waals surface area (Å²) in [5.41, 5.74) is 2.02. The molecule has 1 heterocycles. The van der Waals surface area contributed by atoms with E-state index in [1.54, 1.807) is 6.92 Å². The van der Waals surface area contributed by atoms with Crippen molar-refractivity contribution in [3.05, 3.63) is 17.5 Å². The lowest BCUT2D eigenvalue weighted by Crippen LogP contribution is -2.26. The number of nitrogens with zero attached hydrogens (tertiary/aromatic N) is 2. The van der Waals surface area contributed by atoms with Crippen molar-refractivity contribution < 1.29 is 10.2 Å². The summed E-state index contributed by atoms with van der Waals surface area (Å²) in [6.07, 6.45) is -0.0597. The molecule has 2 N–H and O–H groups in total. The maximum Gasteiger partial charge on any atom is 0.0851 e. The largest absolute Gasteiger partial charge is 0.391 e. The Kier molecular flexibility index (Phi) is 4.29. The highest BCUT2D eigenvalue weighted by molar-refractivity contribution is 5.11. The topological polar surface area (TPSA) is 58.3 Å². The predicted octanol–water partition coefficient (Wildman–Crippen LogP) is 0.750. The minimum absolute atomic E-state index is 0.457. The first-order valence-corrected chi connectivity index (χ1v) is 5.50. The molecule has 1 rings (SSSR count). The Hall–Kier alpha value is -0.870. The molecule has 0 amide bonds. The molecule has 4 nitrogen and oxygen atoms in total. The molecule has 15 heavy (non-hydrogen) atoms. The fraction of sp³-hybridized carbons (Fsp3) is 0.727. The molecule has 1 aromatic heterocycles. The second-order valence-electron chi connectivity index (χ2n) is 3.81. The molecule has 4 heteroatoms. The highest BCUT2D eigenvalue weighted by Crippen LogP contribution is 2.10. The van der Waals surface area contributed by atoms with E-state index in [2.05, 4.69) is 12.0 Å². The second-order valence-corrected chi connectivity index (χ2v) is 3.81. The van der Waals surface area contributed by atoms with E-state index >= 15 is 0 Å². The average molecular weight is 212 g/mol. The Balaban J connectivity index is 2.78. The van der Waals surface area contributed by atoms with Crippen LogP contribution in [0.2, 0.25) is 0 Å². The van der Waals surface area contributed by atoms with Crippen LogP contribution in [0.5, 0.6) is 0 Å². The third-order valence-corrected chi connectivity index (χ3v) is 2.55. The van der Waals surface area contributed by atoms with E-state index in [1.165, 1.54) is 0 Å². The number of rotatable bonds is 5. The highest BCUT2D eigenvalue weighted by atomic mass is 16.3. The fourth-order valence-electron chi connectivity index (χ4n) is 1.51. The zero-order valence-corrected chi connectivity index (χ0v) is 9.64. The van der Waals surface area contributed by atoms with Gasteiger partial charge >= 0.3 is 0 Å². The number of aromatic nitrogens is 2. The zero-order valence-electron chi connectivity index (χ0n) is 9.64. The van der Waals surface area contributed by atoms with Crippen molar-refractivity contribution in [1.82, 2.24) is 9.78 Å². The lowest BCUT2D eigenvalue weighted by atomic mass is 10.1. The van der Waals surface area contributed by atoms with Gasteiger partial charge in [0.15, 0.2) is 0 Å². The summed E-state index contributed by atoms with van der Waals surface area (Å²) in [5.74, 6) is 0.